The summed E-state index contributed by atoms with van der Waals surface area (Å²) < 4.78 is 10.5. The molecule has 0 amide bonds. The molecule has 2 aromatic rings. The summed E-state index contributed by atoms with van der Waals surface area (Å²) in [6.45, 7) is 2.40. The molecule has 5 nitrogen and oxygen atoms in total. The smallest absolute Gasteiger partial charge is 0.371 e. The number of aromatic nitrogens is 1. The second-order valence-corrected chi connectivity index (χ2v) is 3.81. The van der Waals surface area contributed by atoms with Crippen LogP contribution in [0.3, 0.4) is 0 Å². The Morgan fingerprint density at radius 3 is 2.89 bits per heavy atom. The molecule has 2 heterocycles. The standard InChI is InChI=1S/C13H13NO4/c1-9-10(6-12(18-9)13(15)16)7-17-8-11-4-2-3-5-14-11/h2-6H,7-8H2,1H3,(H,15,16). The van der Waals surface area contributed by atoms with Crippen LogP contribution >= 0.6 is 0 Å². The van der Waals surface area contributed by atoms with Crippen LogP contribution < -0.4 is 0 Å². The lowest BCUT2D eigenvalue weighted by molar-refractivity contribution is 0.0661. The number of carboxylic acids is 1. The summed E-state index contributed by atoms with van der Waals surface area (Å²) in [5.74, 6) is -0.577. The van der Waals surface area contributed by atoms with Gasteiger partial charge in [-0.25, -0.2) is 4.79 Å². The molecule has 0 aliphatic heterocycles. The van der Waals surface area contributed by atoms with Gasteiger partial charge in [-0.05, 0) is 25.1 Å². The second kappa shape index (κ2) is 5.46. The zero-order valence-corrected chi connectivity index (χ0v) is 9.92. The van der Waals surface area contributed by atoms with Gasteiger partial charge in [-0.3, -0.25) is 4.98 Å². The van der Waals surface area contributed by atoms with Gasteiger partial charge in [0.2, 0.25) is 5.76 Å². The van der Waals surface area contributed by atoms with Crippen molar-refractivity contribution in [3.8, 4) is 0 Å². The molecule has 0 spiro atoms. The highest BCUT2D eigenvalue weighted by Crippen LogP contribution is 2.16. The van der Waals surface area contributed by atoms with Gasteiger partial charge >= 0.3 is 5.97 Å². The summed E-state index contributed by atoms with van der Waals surface area (Å²) >= 11 is 0. The topological polar surface area (TPSA) is 72.6 Å². The van der Waals surface area contributed by atoms with E-state index in [0.29, 0.717) is 19.0 Å². The Morgan fingerprint density at radius 1 is 1.44 bits per heavy atom. The highest BCUT2D eigenvalue weighted by Gasteiger charge is 2.12. The van der Waals surface area contributed by atoms with Gasteiger partial charge in [-0.1, -0.05) is 6.07 Å². The number of aromatic carboxylic acids is 1. The molecule has 5 heteroatoms. The minimum atomic E-state index is -1.07. The van der Waals surface area contributed by atoms with Gasteiger partial charge in [0.05, 0.1) is 18.9 Å². The summed E-state index contributed by atoms with van der Waals surface area (Å²) in [6.07, 6.45) is 1.70. The van der Waals surface area contributed by atoms with E-state index in [1.165, 1.54) is 6.07 Å². The fourth-order valence-electron chi connectivity index (χ4n) is 1.52. The monoisotopic (exact) mass is 247 g/mol. The first-order valence-corrected chi connectivity index (χ1v) is 5.47. The number of rotatable bonds is 5. The van der Waals surface area contributed by atoms with Crippen molar-refractivity contribution in [1.82, 2.24) is 4.98 Å². The first kappa shape index (κ1) is 12.3. The van der Waals surface area contributed by atoms with Crippen molar-refractivity contribution >= 4 is 5.97 Å². The molecule has 0 unspecified atom stereocenters. The SMILES string of the molecule is Cc1oc(C(=O)O)cc1COCc1ccccn1. The minimum Gasteiger partial charge on any atom is -0.475 e. The first-order chi connectivity index (χ1) is 8.66. The van der Waals surface area contributed by atoms with E-state index in [4.69, 9.17) is 14.3 Å². The van der Waals surface area contributed by atoms with Crippen LogP contribution in [0.25, 0.3) is 0 Å². The van der Waals surface area contributed by atoms with E-state index in [-0.39, 0.29) is 5.76 Å². The number of pyridine rings is 1. The van der Waals surface area contributed by atoms with Crippen LogP contribution in [0.2, 0.25) is 0 Å². The van der Waals surface area contributed by atoms with Crippen molar-refractivity contribution in [2.45, 2.75) is 20.1 Å². The Labute approximate surface area is 104 Å². The van der Waals surface area contributed by atoms with Crippen LogP contribution in [-0.4, -0.2) is 16.1 Å². The summed E-state index contributed by atoms with van der Waals surface area (Å²) in [5.41, 5.74) is 1.57. The number of nitrogens with zero attached hydrogens (tertiary/aromatic N) is 1. The molecular weight excluding hydrogens is 234 g/mol. The zero-order chi connectivity index (χ0) is 13.0. The first-order valence-electron chi connectivity index (χ1n) is 5.47. The fraction of sp³-hybridized carbons (Fsp3) is 0.231. The fourth-order valence-corrected chi connectivity index (χ4v) is 1.52. The molecule has 0 bridgehead atoms. The van der Waals surface area contributed by atoms with Gasteiger partial charge in [-0.15, -0.1) is 0 Å². The van der Waals surface area contributed by atoms with Gasteiger partial charge < -0.3 is 14.3 Å². The third-order valence-electron chi connectivity index (χ3n) is 2.47. The minimum absolute atomic E-state index is 0.0658. The molecule has 94 valence electrons. The quantitative estimate of drug-likeness (QED) is 0.878. The molecule has 2 aromatic heterocycles. The number of hydrogen-bond donors (Lipinski definition) is 1. The molecule has 0 saturated heterocycles. The van der Waals surface area contributed by atoms with Gasteiger partial charge in [0.25, 0.3) is 0 Å². The lowest BCUT2D eigenvalue weighted by atomic mass is 10.2. The Balaban J connectivity index is 1.92. The number of hydrogen-bond acceptors (Lipinski definition) is 4. The van der Waals surface area contributed by atoms with Crippen LogP contribution in [-0.2, 0) is 18.0 Å². The van der Waals surface area contributed by atoms with E-state index in [9.17, 15) is 4.79 Å². The predicted octanol–water partition coefficient (Wildman–Crippen LogP) is 2.40. The van der Waals surface area contributed by atoms with E-state index >= 15 is 0 Å². The lowest BCUT2D eigenvalue weighted by Crippen LogP contribution is -1.96. The number of ether oxygens (including phenoxy) is 1. The Hall–Kier alpha value is -2.14. The number of aryl methyl sites for hydroxylation is 1. The zero-order valence-electron chi connectivity index (χ0n) is 9.92. The number of carbonyl (C=O) groups is 1. The van der Waals surface area contributed by atoms with Gasteiger partial charge in [0.1, 0.15) is 5.76 Å². The summed E-state index contributed by atoms with van der Waals surface area (Å²) in [4.78, 5) is 14.8. The average Bonchev–Trinajstić information content (AvgIpc) is 2.73. The maximum Gasteiger partial charge on any atom is 0.371 e. The third kappa shape index (κ3) is 2.95. The molecule has 0 aromatic carbocycles. The summed E-state index contributed by atoms with van der Waals surface area (Å²) in [6, 6.07) is 7.07. The Morgan fingerprint density at radius 2 is 2.28 bits per heavy atom. The van der Waals surface area contributed by atoms with Gasteiger partial charge in [0.15, 0.2) is 0 Å². The summed E-state index contributed by atoms with van der Waals surface area (Å²) in [7, 11) is 0. The number of furan rings is 1. The highest BCUT2D eigenvalue weighted by atomic mass is 16.5. The molecule has 18 heavy (non-hydrogen) atoms. The van der Waals surface area contributed by atoms with Gasteiger partial charge in [-0.2, -0.15) is 0 Å². The predicted molar refractivity (Wildman–Crippen MR) is 63.1 cm³/mol. The van der Waals surface area contributed by atoms with Gasteiger partial charge in [0, 0.05) is 11.8 Å². The molecular formula is C13H13NO4. The Kier molecular flexibility index (Phi) is 3.74. The molecule has 0 aliphatic rings. The van der Waals surface area contributed by atoms with Crippen LogP contribution in [0.15, 0.2) is 34.9 Å². The lowest BCUT2D eigenvalue weighted by Gasteiger charge is -2.02. The molecule has 1 N–H and O–H groups in total. The van der Waals surface area contributed by atoms with Crippen LogP contribution in [0.1, 0.15) is 27.6 Å². The van der Waals surface area contributed by atoms with Crippen molar-refractivity contribution in [2.24, 2.45) is 0 Å². The molecule has 0 fully saturated rings. The van der Waals surface area contributed by atoms with Crippen LogP contribution in [0.5, 0.6) is 0 Å². The molecule has 0 aliphatic carbocycles. The molecule has 0 saturated carbocycles. The van der Waals surface area contributed by atoms with Crippen LogP contribution in [0.4, 0.5) is 0 Å². The summed E-state index contributed by atoms with van der Waals surface area (Å²) in [5, 5.41) is 8.78. The number of carboxylic acid groups (broad SMARTS) is 1. The van der Waals surface area contributed by atoms with E-state index in [1.807, 2.05) is 18.2 Å². The van der Waals surface area contributed by atoms with Crippen molar-refractivity contribution in [1.29, 1.82) is 0 Å². The molecule has 0 atom stereocenters. The maximum absolute atomic E-state index is 10.7. The second-order valence-electron chi connectivity index (χ2n) is 3.81. The third-order valence-corrected chi connectivity index (χ3v) is 2.47. The van der Waals surface area contributed by atoms with E-state index in [0.717, 1.165) is 11.3 Å². The van der Waals surface area contributed by atoms with Crippen molar-refractivity contribution in [3.05, 3.63) is 53.2 Å². The molecule has 2 rings (SSSR count). The molecule has 0 radical (unpaired) electrons. The van der Waals surface area contributed by atoms with Crippen molar-refractivity contribution in [2.75, 3.05) is 0 Å². The Bertz CT molecular complexity index is 533. The van der Waals surface area contributed by atoms with Crippen molar-refractivity contribution in [3.63, 3.8) is 0 Å². The van der Waals surface area contributed by atoms with Crippen molar-refractivity contribution < 1.29 is 19.1 Å². The normalized spacial score (nSPS) is 10.5. The largest absolute Gasteiger partial charge is 0.475 e. The van der Waals surface area contributed by atoms with E-state index < -0.39 is 5.97 Å². The average molecular weight is 247 g/mol. The highest BCUT2D eigenvalue weighted by molar-refractivity contribution is 5.84. The van der Waals surface area contributed by atoms with Crippen LogP contribution in [0, 0.1) is 6.92 Å². The van der Waals surface area contributed by atoms with E-state index in [1.54, 1.807) is 13.1 Å². The maximum atomic E-state index is 10.7. The van der Waals surface area contributed by atoms with E-state index in [2.05, 4.69) is 4.98 Å².